The highest BCUT2D eigenvalue weighted by atomic mass is 16.5. The topological polar surface area (TPSA) is 103 Å². The Hall–Kier alpha value is -3.55. The Morgan fingerprint density at radius 2 is 1.75 bits per heavy atom. The number of hydrogen-bond donors (Lipinski definition) is 2. The molecule has 0 saturated heterocycles. The normalized spacial score (nSPS) is 11.1. The second-order valence-corrected chi connectivity index (χ2v) is 5.74. The predicted molar refractivity (Wildman–Crippen MR) is 103 cm³/mol. The minimum atomic E-state index is -1.04. The lowest BCUT2D eigenvalue weighted by Gasteiger charge is -2.14. The molecule has 0 aliphatic rings. The zero-order valence-electron chi connectivity index (χ0n) is 15.9. The SMILES string of the molecule is COc1cccc(NC(=O)[C@@H](C)OC(=O)CNC(=O)c2ccccc2OC)c1. The summed E-state index contributed by atoms with van der Waals surface area (Å²) in [5, 5.41) is 5.07. The molecule has 8 nitrogen and oxygen atoms in total. The number of esters is 1. The number of amides is 2. The van der Waals surface area contributed by atoms with Crippen LogP contribution in [0.15, 0.2) is 48.5 Å². The number of anilines is 1. The first kappa shape index (κ1) is 20.8. The lowest BCUT2D eigenvalue weighted by atomic mass is 10.2. The highest BCUT2D eigenvalue weighted by Crippen LogP contribution is 2.18. The molecule has 2 aromatic rings. The van der Waals surface area contributed by atoms with Gasteiger partial charge in [0, 0.05) is 11.8 Å². The smallest absolute Gasteiger partial charge is 0.326 e. The summed E-state index contributed by atoms with van der Waals surface area (Å²) in [6.07, 6.45) is -1.04. The standard InChI is InChI=1S/C20H22N2O6/c1-13(19(24)22-14-7-6-8-15(11-14)26-2)28-18(23)12-21-20(25)16-9-4-5-10-17(16)27-3/h4-11,13H,12H2,1-3H3,(H,21,25)(H,22,24)/t13-/m1/s1. The number of nitrogens with one attached hydrogen (secondary N) is 2. The minimum absolute atomic E-state index is 0.293. The Kier molecular flexibility index (Phi) is 7.38. The molecule has 0 unspecified atom stereocenters. The summed E-state index contributed by atoms with van der Waals surface area (Å²) in [5.41, 5.74) is 0.804. The van der Waals surface area contributed by atoms with Crippen LogP contribution in [0.2, 0.25) is 0 Å². The first-order valence-electron chi connectivity index (χ1n) is 8.50. The zero-order valence-corrected chi connectivity index (χ0v) is 15.9. The van der Waals surface area contributed by atoms with Gasteiger partial charge in [-0.3, -0.25) is 14.4 Å². The summed E-state index contributed by atoms with van der Waals surface area (Å²) < 4.78 is 15.2. The van der Waals surface area contributed by atoms with E-state index in [0.29, 0.717) is 22.7 Å². The predicted octanol–water partition coefficient (Wildman–Crippen LogP) is 2.00. The number of hydrogen-bond acceptors (Lipinski definition) is 6. The first-order valence-corrected chi connectivity index (χ1v) is 8.50. The molecule has 0 spiro atoms. The number of rotatable bonds is 8. The van der Waals surface area contributed by atoms with E-state index in [9.17, 15) is 14.4 Å². The molecule has 0 fully saturated rings. The number of para-hydroxylation sites is 1. The molecule has 0 bridgehead atoms. The third-order valence-corrected chi connectivity index (χ3v) is 3.76. The fourth-order valence-electron chi connectivity index (χ4n) is 2.32. The van der Waals surface area contributed by atoms with Gasteiger partial charge in [-0.05, 0) is 31.2 Å². The number of ether oxygens (including phenoxy) is 3. The number of carbonyl (C=O) groups excluding carboxylic acids is 3. The average Bonchev–Trinajstić information content (AvgIpc) is 2.71. The van der Waals surface area contributed by atoms with Crippen LogP contribution in [0.25, 0.3) is 0 Å². The highest BCUT2D eigenvalue weighted by molar-refractivity contribution is 5.99. The van der Waals surface area contributed by atoms with E-state index < -0.39 is 23.9 Å². The van der Waals surface area contributed by atoms with E-state index >= 15 is 0 Å². The molecule has 148 valence electrons. The molecule has 0 aliphatic carbocycles. The summed E-state index contributed by atoms with van der Waals surface area (Å²) in [4.78, 5) is 36.3. The van der Waals surface area contributed by atoms with E-state index in [-0.39, 0.29) is 6.54 Å². The van der Waals surface area contributed by atoms with Gasteiger partial charge < -0.3 is 24.8 Å². The van der Waals surface area contributed by atoms with E-state index in [1.165, 1.54) is 21.1 Å². The maximum Gasteiger partial charge on any atom is 0.326 e. The maximum atomic E-state index is 12.2. The van der Waals surface area contributed by atoms with Crippen molar-refractivity contribution >= 4 is 23.5 Å². The van der Waals surface area contributed by atoms with E-state index in [4.69, 9.17) is 14.2 Å². The Labute approximate surface area is 162 Å². The molecular formula is C20H22N2O6. The molecule has 8 heteroatoms. The first-order chi connectivity index (χ1) is 13.4. The molecule has 1 atom stereocenters. The molecule has 0 saturated carbocycles. The fraction of sp³-hybridized carbons (Fsp3) is 0.250. The van der Waals surface area contributed by atoms with Crippen LogP contribution in [-0.2, 0) is 14.3 Å². The Balaban J connectivity index is 1.84. The average molecular weight is 386 g/mol. The van der Waals surface area contributed by atoms with Gasteiger partial charge in [-0.1, -0.05) is 18.2 Å². The van der Waals surface area contributed by atoms with Crippen molar-refractivity contribution in [2.24, 2.45) is 0 Å². The lowest BCUT2D eigenvalue weighted by molar-refractivity contribution is -0.152. The summed E-state index contributed by atoms with van der Waals surface area (Å²) in [7, 11) is 2.97. The van der Waals surface area contributed by atoms with Crippen LogP contribution >= 0.6 is 0 Å². The van der Waals surface area contributed by atoms with Gasteiger partial charge in [-0.25, -0.2) is 0 Å². The van der Waals surface area contributed by atoms with Crippen molar-refractivity contribution in [2.45, 2.75) is 13.0 Å². The third-order valence-electron chi connectivity index (χ3n) is 3.76. The minimum Gasteiger partial charge on any atom is -0.497 e. The Bertz CT molecular complexity index is 852. The molecule has 0 aromatic heterocycles. The summed E-state index contributed by atoms with van der Waals surface area (Å²) in [5.74, 6) is -0.752. The molecular weight excluding hydrogens is 364 g/mol. The second-order valence-electron chi connectivity index (χ2n) is 5.74. The maximum absolute atomic E-state index is 12.2. The largest absolute Gasteiger partial charge is 0.497 e. The van der Waals surface area contributed by atoms with Crippen LogP contribution in [-0.4, -0.2) is 44.7 Å². The number of benzene rings is 2. The van der Waals surface area contributed by atoms with Crippen molar-refractivity contribution in [3.8, 4) is 11.5 Å². The van der Waals surface area contributed by atoms with Crippen molar-refractivity contribution in [1.29, 1.82) is 0 Å². The van der Waals surface area contributed by atoms with Gasteiger partial charge in [0.2, 0.25) is 0 Å². The molecule has 0 aliphatic heterocycles. The summed E-state index contributed by atoms with van der Waals surface area (Å²) >= 11 is 0. The van der Waals surface area contributed by atoms with Crippen LogP contribution in [0.4, 0.5) is 5.69 Å². The van der Waals surface area contributed by atoms with Crippen molar-refractivity contribution in [3.63, 3.8) is 0 Å². The molecule has 2 aromatic carbocycles. The van der Waals surface area contributed by atoms with Crippen LogP contribution < -0.4 is 20.1 Å². The van der Waals surface area contributed by atoms with Crippen LogP contribution in [0.5, 0.6) is 11.5 Å². The van der Waals surface area contributed by atoms with E-state index in [0.717, 1.165) is 0 Å². The van der Waals surface area contributed by atoms with Gasteiger partial charge in [0.15, 0.2) is 6.10 Å². The van der Waals surface area contributed by atoms with Crippen molar-refractivity contribution < 1.29 is 28.6 Å². The van der Waals surface area contributed by atoms with Gasteiger partial charge >= 0.3 is 5.97 Å². The van der Waals surface area contributed by atoms with Crippen molar-refractivity contribution in [3.05, 3.63) is 54.1 Å². The lowest BCUT2D eigenvalue weighted by Crippen LogP contribution is -2.36. The molecule has 0 radical (unpaired) electrons. The molecule has 2 rings (SSSR count). The van der Waals surface area contributed by atoms with Gasteiger partial charge in [-0.2, -0.15) is 0 Å². The molecule has 28 heavy (non-hydrogen) atoms. The molecule has 2 amide bonds. The van der Waals surface area contributed by atoms with Crippen molar-refractivity contribution in [2.75, 3.05) is 26.1 Å². The van der Waals surface area contributed by atoms with Gasteiger partial charge in [0.05, 0.1) is 19.8 Å². The van der Waals surface area contributed by atoms with Gasteiger partial charge in [0.1, 0.15) is 18.0 Å². The van der Waals surface area contributed by atoms with Crippen LogP contribution in [0.3, 0.4) is 0 Å². The molecule has 0 heterocycles. The number of carbonyl (C=O) groups is 3. The Morgan fingerprint density at radius 1 is 1.00 bits per heavy atom. The summed E-state index contributed by atoms with van der Waals surface area (Å²) in [6, 6.07) is 13.4. The van der Waals surface area contributed by atoms with Crippen molar-refractivity contribution in [1.82, 2.24) is 5.32 Å². The monoisotopic (exact) mass is 386 g/mol. The van der Waals surface area contributed by atoms with E-state index in [2.05, 4.69) is 10.6 Å². The van der Waals surface area contributed by atoms with Crippen LogP contribution in [0.1, 0.15) is 17.3 Å². The third kappa shape index (κ3) is 5.73. The van der Waals surface area contributed by atoms with Gasteiger partial charge in [0.25, 0.3) is 11.8 Å². The van der Waals surface area contributed by atoms with Crippen LogP contribution in [0, 0.1) is 0 Å². The molecule has 2 N–H and O–H groups in total. The zero-order chi connectivity index (χ0) is 20.5. The second kappa shape index (κ2) is 9.96. The Morgan fingerprint density at radius 3 is 2.46 bits per heavy atom. The quantitative estimate of drug-likeness (QED) is 0.673. The number of methoxy groups -OCH3 is 2. The van der Waals surface area contributed by atoms with Gasteiger partial charge in [-0.15, -0.1) is 0 Å². The van der Waals surface area contributed by atoms with E-state index in [1.807, 2.05) is 0 Å². The van der Waals surface area contributed by atoms with E-state index in [1.54, 1.807) is 48.5 Å². The summed E-state index contributed by atoms with van der Waals surface area (Å²) in [6.45, 7) is 1.06. The fourth-order valence-corrected chi connectivity index (χ4v) is 2.32. The highest BCUT2D eigenvalue weighted by Gasteiger charge is 2.19.